The lowest BCUT2D eigenvalue weighted by molar-refractivity contribution is -0.305. The van der Waals surface area contributed by atoms with Gasteiger partial charge in [-0.15, -0.1) is 0 Å². The van der Waals surface area contributed by atoms with Crippen LogP contribution in [0.5, 0.6) is 0 Å². The molecule has 0 bridgehead atoms. The number of hydrogen-bond acceptors (Lipinski definition) is 9. The van der Waals surface area contributed by atoms with E-state index in [-0.39, 0.29) is 19.2 Å². The van der Waals surface area contributed by atoms with E-state index in [2.05, 4.69) is 26.0 Å². The molecule has 0 radical (unpaired) electrons. The third kappa shape index (κ3) is 26.7. The van der Waals surface area contributed by atoms with Crippen LogP contribution in [0.4, 0.5) is 0 Å². The first-order chi connectivity index (χ1) is 25.4. The van der Waals surface area contributed by atoms with E-state index in [0.29, 0.717) is 13.0 Å². The molecule has 308 valence electrons. The number of rotatable bonds is 37. The van der Waals surface area contributed by atoms with Crippen LogP contribution in [0.1, 0.15) is 194 Å². The summed E-state index contributed by atoms with van der Waals surface area (Å²) < 4.78 is 22.7. The first kappa shape index (κ1) is 48.9. The van der Waals surface area contributed by atoms with E-state index in [4.69, 9.17) is 18.9 Å². The van der Waals surface area contributed by atoms with Crippen LogP contribution in [0.25, 0.3) is 0 Å². The molecule has 1 aliphatic rings. The van der Waals surface area contributed by atoms with Crippen LogP contribution >= 0.6 is 0 Å². The van der Waals surface area contributed by atoms with Crippen molar-refractivity contribution in [2.24, 2.45) is 0 Å². The molecule has 9 heteroatoms. The Morgan fingerprint density at radius 3 is 1.63 bits per heavy atom. The van der Waals surface area contributed by atoms with Gasteiger partial charge in [-0.2, -0.15) is 0 Å². The fraction of sp³-hybridized carbons (Fsp3) is 0.930. The zero-order valence-electron chi connectivity index (χ0n) is 33.6. The smallest absolute Gasteiger partial charge is 0.306 e. The Balaban J connectivity index is 2.22. The maximum Gasteiger partial charge on any atom is 0.306 e. The highest BCUT2D eigenvalue weighted by Crippen LogP contribution is 2.22. The molecule has 9 nitrogen and oxygen atoms in total. The molecule has 6 unspecified atom stereocenters. The minimum absolute atomic E-state index is 0.112. The van der Waals surface area contributed by atoms with Crippen LogP contribution in [0.3, 0.4) is 0 Å². The van der Waals surface area contributed by atoms with Gasteiger partial charge in [0.1, 0.15) is 30.5 Å². The second-order valence-electron chi connectivity index (χ2n) is 15.1. The van der Waals surface area contributed by atoms with Crippen molar-refractivity contribution in [3.05, 3.63) is 12.2 Å². The molecule has 0 aliphatic carbocycles. The van der Waals surface area contributed by atoms with E-state index in [1.165, 1.54) is 122 Å². The average Bonchev–Trinajstić information content (AvgIpc) is 3.14. The zero-order chi connectivity index (χ0) is 37.9. The highest BCUT2D eigenvalue weighted by molar-refractivity contribution is 5.69. The summed E-state index contributed by atoms with van der Waals surface area (Å²) in [6.45, 7) is 4.51. The Morgan fingerprint density at radius 1 is 0.596 bits per heavy atom. The number of allylic oxidation sites excluding steroid dienone is 2. The Kier molecular flexibility index (Phi) is 33.5. The maximum absolute atomic E-state index is 12.7. The molecule has 1 saturated heterocycles. The molecule has 1 heterocycles. The molecule has 0 amide bonds. The second kappa shape index (κ2) is 35.6. The lowest BCUT2D eigenvalue weighted by atomic mass is 9.99. The fourth-order valence-corrected chi connectivity index (χ4v) is 6.73. The van der Waals surface area contributed by atoms with E-state index in [1.807, 2.05) is 0 Å². The summed E-state index contributed by atoms with van der Waals surface area (Å²) in [5, 5.41) is 40.0. The number of esters is 1. The second-order valence-corrected chi connectivity index (χ2v) is 15.1. The number of aliphatic hydroxyl groups excluding tert-OH is 4. The van der Waals surface area contributed by atoms with E-state index >= 15 is 0 Å². The molecule has 52 heavy (non-hydrogen) atoms. The van der Waals surface area contributed by atoms with Crippen LogP contribution in [0.2, 0.25) is 0 Å². The largest absolute Gasteiger partial charge is 0.457 e. The van der Waals surface area contributed by atoms with Crippen LogP contribution in [0, 0.1) is 0 Å². The molecule has 0 aromatic rings. The normalized spacial score (nSPS) is 21.2. The van der Waals surface area contributed by atoms with Gasteiger partial charge in [-0.1, -0.05) is 167 Å². The van der Waals surface area contributed by atoms with Crippen molar-refractivity contribution in [1.82, 2.24) is 0 Å². The summed E-state index contributed by atoms with van der Waals surface area (Å²) >= 11 is 0. The lowest BCUT2D eigenvalue weighted by Crippen LogP contribution is -2.59. The lowest BCUT2D eigenvalue weighted by Gasteiger charge is -2.39. The molecule has 0 saturated carbocycles. The Morgan fingerprint density at radius 2 is 1.10 bits per heavy atom. The summed E-state index contributed by atoms with van der Waals surface area (Å²) in [6, 6.07) is 0. The van der Waals surface area contributed by atoms with Crippen LogP contribution in [-0.2, 0) is 23.7 Å². The third-order valence-electron chi connectivity index (χ3n) is 10.2. The minimum atomic E-state index is -1.53. The van der Waals surface area contributed by atoms with Crippen LogP contribution in [-0.4, -0.2) is 89.6 Å². The molecule has 1 rings (SSSR count). The van der Waals surface area contributed by atoms with E-state index in [1.54, 1.807) is 0 Å². The fourth-order valence-electron chi connectivity index (χ4n) is 6.73. The molecular formula is C43H82O9. The molecule has 0 aromatic carbocycles. The standard InChI is InChI=1S/C43H82O9/c1-3-5-7-9-11-13-15-16-17-18-19-20-21-22-23-25-27-29-31-33-49-35-37(36-50-43-42(48)41(47)40(46)38(34-44)52-43)51-39(45)32-30-28-26-24-14-12-10-8-6-4-2/h8,10,37-38,40-44,46-48H,3-7,9,11-36H2,1-2H3/b10-8-. The number of unbranched alkanes of at least 4 members (excludes halogenated alkanes) is 24. The van der Waals surface area contributed by atoms with Gasteiger partial charge in [0.25, 0.3) is 0 Å². The van der Waals surface area contributed by atoms with E-state index < -0.39 is 43.4 Å². The van der Waals surface area contributed by atoms with Crippen molar-refractivity contribution in [2.45, 2.75) is 230 Å². The van der Waals surface area contributed by atoms with E-state index in [9.17, 15) is 25.2 Å². The topological polar surface area (TPSA) is 135 Å². The van der Waals surface area contributed by atoms with Gasteiger partial charge in [-0.05, 0) is 32.1 Å². The quantitative estimate of drug-likeness (QED) is 0.0279. The maximum atomic E-state index is 12.7. The van der Waals surface area contributed by atoms with Crippen molar-refractivity contribution in [1.29, 1.82) is 0 Å². The van der Waals surface area contributed by atoms with Gasteiger partial charge >= 0.3 is 5.97 Å². The Bertz CT molecular complexity index is 807. The number of carbonyl (C=O) groups is 1. The average molecular weight is 743 g/mol. The summed E-state index contributed by atoms with van der Waals surface area (Å²) in [6.07, 6.45) is 31.1. The number of hydrogen-bond donors (Lipinski definition) is 4. The van der Waals surface area contributed by atoms with Crippen molar-refractivity contribution < 1.29 is 44.2 Å². The molecule has 0 aromatic heterocycles. The van der Waals surface area contributed by atoms with Crippen molar-refractivity contribution in [3.63, 3.8) is 0 Å². The zero-order valence-corrected chi connectivity index (χ0v) is 33.6. The predicted molar refractivity (Wildman–Crippen MR) is 210 cm³/mol. The highest BCUT2D eigenvalue weighted by Gasteiger charge is 2.44. The van der Waals surface area contributed by atoms with Gasteiger partial charge in [-0.25, -0.2) is 0 Å². The highest BCUT2D eigenvalue weighted by atomic mass is 16.7. The van der Waals surface area contributed by atoms with E-state index in [0.717, 1.165) is 51.4 Å². The number of ether oxygens (including phenoxy) is 4. The molecule has 1 fully saturated rings. The first-order valence-corrected chi connectivity index (χ1v) is 21.8. The van der Waals surface area contributed by atoms with Gasteiger partial charge < -0.3 is 39.4 Å². The molecule has 4 N–H and O–H groups in total. The van der Waals surface area contributed by atoms with Gasteiger partial charge in [0.2, 0.25) is 0 Å². The predicted octanol–water partition coefficient (Wildman–Crippen LogP) is 9.25. The molecule has 1 aliphatic heterocycles. The van der Waals surface area contributed by atoms with Crippen molar-refractivity contribution in [2.75, 3.05) is 26.4 Å². The van der Waals surface area contributed by atoms with Crippen molar-refractivity contribution in [3.8, 4) is 0 Å². The summed E-state index contributed by atoms with van der Waals surface area (Å²) in [5.41, 5.74) is 0. The first-order valence-electron chi connectivity index (χ1n) is 21.8. The van der Waals surface area contributed by atoms with Crippen molar-refractivity contribution >= 4 is 5.97 Å². The number of aliphatic hydroxyl groups is 4. The Labute approximate surface area is 318 Å². The molecular weight excluding hydrogens is 660 g/mol. The van der Waals surface area contributed by atoms with Crippen LogP contribution in [0.15, 0.2) is 12.2 Å². The van der Waals surface area contributed by atoms with Gasteiger partial charge in [0.15, 0.2) is 6.29 Å². The number of carbonyl (C=O) groups excluding carboxylic acids is 1. The minimum Gasteiger partial charge on any atom is -0.457 e. The van der Waals surface area contributed by atoms with Crippen LogP contribution < -0.4 is 0 Å². The summed E-state index contributed by atoms with van der Waals surface area (Å²) in [7, 11) is 0. The molecule has 6 atom stereocenters. The summed E-state index contributed by atoms with van der Waals surface area (Å²) in [5.74, 6) is -0.322. The van der Waals surface area contributed by atoms with Gasteiger partial charge in [0.05, 0.1) is 19.8 Å². The van der Waals surface area contributed by atoms with Gasteiger partial charge in [-0.3, -0.25) is 4.79 Å². The molecule has 0 spiro atoms. The monoisotopic (exact) mass is 743 g/mol. The Hall–Kier alpha value is -1.07. The SMILES string of the molecule is CCC/C=C\CCCCCCCC(=O)OC(COCCCCCCCCCCCCCCCCCCCCC)COC1OC(CO)C(O)C(O)C1O. The third-order valence-corrected chi connectivity index (χ3v) is 10.2. The summed E-state index contributed by atoms with van der Waals surface area (Å²) in [4.78, 5) is 12.7. The van der Waals surface area contributed by atoms with Gasteiger partial charge in [0, 0.05) is 13.0 Å².